The van der Waals surface area contributed by atoms with E-state index in [4.69, 9.17) is 14.0 Å². The van der Waals surface area contributed by atoms with Gasteiger partial charge in [0.05, 0.1) is 36.1 Å². The Kier molecular flexibility index (Phi) is 8.87. The van der Waals surface area contributed by atoms with Crippen molar-refractivity contribution in [3.63, 3.8) is 0 Å². The number of para-hydroxylation sites is 2. The smallest absolute Gasteiger partial charge is 0.326 e. The largest absolute Gasteiger partial charge is 0.335 e. The molecule has 0 bridgehead atoms. The predicted molar refractivity (Wildman–Crippen MR) is 160 cm³/mol. The number of rotatable bonds is 12. The Bertz CT molecular complexity index is 1620. The van der Waals surface area contributed by atoms with Crippen LogP contribution in [-0.2, 0) is 31.0 Å². The molecule has 8 nitrogen and oxygen atoms in total. The van der Waals surface area contributed by atoms with Crippen LogP contribution in [0.4, 0.5) is 5.69 Å². The zero-order valence-corrected chi connectivity index (χ0v) is 24.2. The molecule has 40 heavy (non-hydrogen) atoms. The van der Waals surface area contributed by atoms with E-state index in [9.17, 15) is 9.36 Å². The highest BCUT2D eigenvalue weighted by Crippen LogP contribution is 2.51. The van der Waals surface area contributed by atoms with E-state index in [2.05, 4.69) is 10.3 Å². The number of thiazole rings is 1. The summed E-state index contributed by atoms with van der Waals surface area (Å²) in [4.78, 5) is 23.4. The second-order valence-corrected chi connectivity index (χ2v) is 12.2. The molecule has 5 aromatic rings. The van der Waals surface area contributed by atoms with Gasteiger partial charge in [-0.2, -0.15) is 0 Å². The third kappa shape index (κ3) is 6.57. The highest BCUT2D eigenvalue weighted by Gasteiger charge is 2.24. The molecule has 1 N–H and O–H groups in total. The van der Waals surface area contributed by atoms with Crippen LogP contribution in [0.25, 0.3) is 27.4 Å². The van der Waals surface area contributed by atoms with Crippen LogP contribution < -0.4 is 5.32 Å². The van der Waals surface area contributed by atoms with Crippen molar-refractivity contribution in [2.75, 3.05) is 18.5 Å². The third-order valence-corrected chi connectivity index (χ3v) is 9.41. The Morgan fingerprint density at radius 1 is 0.950 bits per heavy atom. The number of imidazole rings is 1. The van der Waals surface area contributed by atoms with Crippen molar-refractivity contribution in [2.45, 2.75) is 32.9 Å². The Morgan fingerprint density at radius 3 is 2.38 bits per heavy atom. The van der Waals surface area contributed by atoms with Crippen molar-refractivity contribution in [2.24, 2.45) is 0 Å². The highest BCUT2D eigenvalue weighted by molar-refractivity contribution is 7.53. The predicted octanol–water partition coefficient (Wildman–Crippen LogP) is 7.49. The van der Waals surface area contributed by atoms with Crippen LogP contribution in [0.2, 0.25) is 0 Å². The fraction of sp³-hybridized carbons (Fsp3) is 0.233. The maximum Gasteiger partial charge on any atom is 0.335 e. The van der Waals surface area contributed by atoms with Gasteiger partial charge in [-0.25, -0.2) is 9.97 Å². The molecule has 0 aliphatic rings. The summed E-state index contributed by atoms with van der Waals surface area (Å²) in [6, 6.07) is 25.3. The van der Waals surface area contributed by atoms with Gasteiger partial charge in [-0.05, 0) is 50.1 Å². The van der Waals surface area contributed by atoms with Crippen molar-refractivity contribution in [3.05, 3.63) is 95.6 Å². The van der Waals surface area contributed by atoms with E-state index in [1.807, 2.05) is 71.3 Å². The summed E-state index contributed by atoms with van der Waals surface area (Å²) in [6.45, 7) is 4.22. The van der Waals surface area contributed by atoms with Crippen LogP contribution in [0.5, 0.6) is 0 Å². The number of amides is 1. The molecular formula is C30H31N4O4PS. The molecule has 206 valence electrons. The van der Waals surface area contributed by atoms with Crippen molar-refractivity contribution in [3.8, 4) is 16.4 Å². The third-order valence-electron chi connectivity index (χ3n) is 6.24. The quantitative estimate of drug-likeness (QED) is 0.155. The minimum atomic E-state index is -3.19. The van der Waals surface area contributed by atoms with E-state index in [-0.39, 0.29) is 12.1 Å². The summed E-state index contributed by atoms with van der Waals surface area (Å²) in [5, 5.41) is 3.78. The van der Waals surface area contributed by atoms with Crippen LogP contribution in [0.1, 0.15) is 30.7 Å². The molecule has 10 heteroatoms. The average Bonchev–Trinajstić information content (AvgIpc) is 3.58. The first kappa shape index (κ1) is 27.9. The molecule has 0 spiro atoms. The molecular weight excluding hydrogens is 543 g/mol. The lowest BCUT2D eigenvalue weighted by Gasteiger charge is -2.17. The van der Waals surface area contributed by atoms with Gasteiger partial charge in [-0.1, -0.05) is 54.6 Å². The van der Waals surface area contributed by atoms with Crippen molar-refractivity contribution in [1.82, 2.24) is 14.5 Å². The first-order chi connectivity index (χ1) is 19.5. The first-order valence-corrected chi connectivity index (χ1v) is 15.8. The van der Waals surface area contributed by atoms with Gasteiger partial charge in [0.15, 0.2) is 5.13 Å². The summed E-state index contributed by atoms with van der Waals surface area (Å²) < 4.78 is 25.6. The summed E-state index contributed by atoms with van der Waals surface area (Å²) in [6.07, 6.45) is 2.83. The Balaban J connectivity index is 1.29. The summed E-state index contributed by atoms with van der Waals surface area (Å²) >= 11 is 1.57. The second-order valence-electron chi connectivity index (χ2n) is 9.09. The van der Waals surface area contributed by atoms with Gasteiger partial charge >= 0.3 is 7.60 Å². The monoisotopic (exact) mass is 574 g/mol. The van der Waals surface area contributed by atoms with Gasteiger partial charge in [0.1, 0.15) is 6.33 Å². The molecule has 0 aliphatic heterocycles. The topological polar surface area (TPSA) is 95.3 Å². The van der Waals surface area contributed by atoms with Gasteiger partial charge in [0.2, 0.25) is 5.91 Å². The van der Waals surface area contributed by atoms with Crippen LogP contribution in [0.3, 0.4) is 0 Å². The highest BCUT2D eigenvalue weighted by atomic mass is 32.1. The lowest BCUT2D eigenvalue weighted by molar-refractivity contribution is -0.116. The molecule has 2 aromatic heterocycles. The van der Waals surface area contributed by atoms with E-state index in [0.29, 0.717) is 31.7 Å². The number of hydrogen-bond acceptors (Lipinski definition) is 7. The Hall–Kier alpha value is -3.62. The van der Waals surface area contributed by atoms with Crippen molar-refractivity contribution < 1.29 is 18.4 Å². The molecule has 1 amide bonds. The first-order valence-electron chi connectivity index (χ1n) is 13.2. The lowest BCUT2D eigenvalue weighted by Crippen LogP contribution is -2.12. The summed E-state index contributed by atoms with van der Waals surface area (Å²) in [7, 11) is -3.19. The molecule has 2 heterocycles. The summed E-state index contributed by atoms with van der Waals surface area (Å²) in [5.74, 6) is -0.0934. The molecule has 0 atom stereocenters. The van der Waals surface area contributed by atoms with Gasteiger partial charge < -0.3 is 14.4 Å². The Labute approximate surface area is 237 Å². The molecule has 3 aromatic carbocycles. The van der Waals surface area contributed by atoms with Crippen LogP contribution in [-0.4, -0.2) is 33.7 Å². The molecule has 0 unspecified atom stereocenters. The number of benzene rings is 3. The zero-order valence-electron chi connectivity index (χ0n) is 22.4. The standard InChI is InChI=1S/C30H31N4O4PS/c1-3-37-39(36,38-4-2)20-22-14-16-24(17-15-22)32-28(35)19-18-27-29(23-10-6-5-7-11-23)33-30(40-27)34-21-31-25-12-8-9-13-26(25)34/h5-17,21H,3-4,18-20H2,1-2H3,(H,32,35). The van der Waals surface area contributed by atoms with Crippen molar-refractivity contribution in [1.29, 1.82) is 0 Å². The molecule has 0 aliphatic carbocycles. The number of aryl methyl sites for hydroxylation is 1. The summed E-state index contributed by atoms with van der Waals surface area (Å²) in [5.41, 5.74) is 5.28. The van der Waals surface area contributed by atoms with E-state index >= 15 is 0 Å². The number of nitrogens with one attached hydrogen (secondary N) is 1. The van der Waals surface area contributed by atoms with Crippen molar-refractivity contribution >= 4 is 41.6 Å². The van der Waals surface area contributed by atoms with Crippen LogP contribution in [0, 0.1) is 0 Å². The normalized spacial score (nSPS) is 11.7. The molecule has 0 saturated carbocycles. The number of aromatic nitrogens is 3. The number of nitrogens with zero attached hydrogens (tertiary/aromatic N) is 3. The minimum Gasteiger partial charge on any atom is -0.326 e. The number of carbonyl (C=O) groups is 1. The fourth-order valence-electron chi connectivity index (χ4n) is 4.43. The van der Waals surface area contributed by atoms with Gasteiger partial charge in [-0.3, -0.25) is 13.9 Å². The molecule has 5 rings (SSSR count). The molecule has 0 fully saturated rings. The fourth-order valence-corrected chi connectivity index (χ4v) is 7.20. The van der Waals surface area contributed by atoms with Gasteiger partial charge in [0, 0.05) is 22.5 Å². The second kappa shape index (κ2) is 12.7. The van der Waals surface area contributed by atoms with Gasteiger partial charge in [-0.15, -0.1) is 11.3 Å². The Morgan fingerprint density at radius 2 is 1.65 bits per heavy atom. The van der Waals surface area contributed by atoms with E-state index in [1.54, 1.807) is 43.6 Å². The minimum absolute atomic E-state index is 0.0934. The number of carbonyl (C=O) groups excluding carboxylic acids is 1. The SMILES string of the molecule is CCOP(=O)(Cc1ccc(NC(=O)CCc2sc(-n3cnc4ccccc43)nc2-c2ccccc2)cc1)OCC. The maximum absolute atomic E-state index is 12.9. The molecule has 0 saturated heterocycles. The van der Waals surface area contributed by atoms with Crippen LogP contribution >= 0.6 is 18.9 Å². The van der Waals surface area contributed by atoms with Crippen LogP contribution in [0.15, 0.2) is 85.2 Å². The van der Waals surface area contributed by atoms with E-state index < -0.39 is 7.60 Å². The number of fused-ring (bicyclic) bond motifs is 1. The lowest BCUT2D eigenvalue weighted by atomic mass is 10.1. The van der Waals surface area contributed by atoms with Gasteiger partial charge in [0.25, 0.3) is 0 Å². The zero-order chi connectivity index (χ0) is 28.0. The number of anilines is 1. The number of hydrogen-bond donors (Lipinski definition) is 1. The average molecular weight is 575 g/mol. The molecule has 0 radical (unpaired) electrons. The maximum atomic E-state index is 12.9. The van der Waals surface area contributed by atoms with E-state index in [1.165, 1.54) is 0 Å². The van der Waals surface area contributed by atoms with E-state index in [0.717, 1.165) is 37.9 Å².